The number of rotatable bonds is 5. The highest BCUT2D eigenvalue weighted by Crippen LogP contribution is 2.29. The van der Waals surface area contributed by atoms with Crippen molar-refractivity contribution in [2.24, 2.45) is 10.9 Å². The molecule has 0 fully saturated rings. The van der Waals surface area contributed by atoms with Gasteiger partial charge < -0.3 is 16.3 Å². The van der Waals surface area contributed by atoms with Crippen molar-refractivity contribution < 1.29 is 10.0 Å². The molecule has 0 saturated heterocycles. The fraction of sp³-hybridized carbons (Fsp3) is 0.273. The molecule has 96 valence electrons. The predicted octanol–water partition coefficient (Wildman–Crippen LogP) is 2.22. The minimum Gasteiger partial charge on any atom is -0.409 e. The molecule has 7 heteroatoms. The van der Waals surface area contributed by atoms with Crippen molar-refractivity contribution in [3.8, 4) is 0 Å². The van der Waals surface area contributed by atoms with E-state index < -0.39 is 0 Å². The summed E-state index contributed by atoms with van der Waals surface area (Å²) in [6.07, 6.45) is 1.12. The smallest absolute Gasteiger partial charge is 0.261 e. The predicted molar refractivity (Wildman–Crippen MR) is 74.7 cm³/mol. The highest BCUT2D eigenvalue weighted by atomic mass is 32.1. The lowest BCUT2D eigenvalue weighted by molar-refractivity contribution is 0.0957. The first-order valence-electron chi connectivity index (χ1n) is 5.42. The monoisotopic (exact) mass is 283 g/mol. The number of thiophene rings is 2. The quantitative estimate of drug-likeness (QED) is 0.258. The number of oxime groups is 1. The zero-order valence-electron chi connectivity index (χ0n) is 9.55. The molecule has 0 atom stereocenters. The van der Waals surface area contributed by atoms with Gasteiger partial charge in [-0.15, -0.1) is 22.7 Å². The van der Waals surface area contributed by atoms with Crippen LogP contribution in [0.4, 0.5) is 0 Å². The molecule has 0 spiro atoms. The Bertz CT molecular complexity index is 545. The molecular weight excluding hydrogens is 270 g/mol. The fourth-order valence-corrected chi connectivity index (χ4v) is 3.51. The van der Waals surface area contributed by atoms with E-state index in [1.807, 2.05) is 17.5 Å². The van der Waals surface area contributed by atoms with Gasteiger partial charge in [-0.05, 0) is 23.9 Å². The molecule has 1 amide bonds. The maximum Gasteiger partial charge on any atom is 0.261 e. The maximum atomic E-state index is 11.8. The molecule has 5 nitrogen and oxygen atoms in total. The fourth-order valence-electron chi connectivity index (χ4n) is 1.49. The van der Waals surface area contributed by atoms with Gasteiger partial charge in [0.1, 0.15) is 5.84 Å². The first kappa shape index (κ1) is 12.8. The summed E-state index contributed by atoms with van der Waals surface area (Å²) in [6.45, 7) is 0.514. The van der Waals surface area contributed by atoms with Crippen LogP contribution in [0.15, 0.2) is 22.7 Å². The largest absolute Gasteiger partial charge is 0.409 e. The summed E-state index contributed by atoms with van der Waals surface area (Å²) < 4.78 is 2.28. The van der Waals surface area contributed by atoms with Crippen LogP contribution < -0.4 is 11.1 Å². The average molecular weight is 283 g/mol. The molecule has 0 aliphatic rings. The Morgan fingerprint density at radius 2 is 2.33 bits per heavy atom. The highest BCUT2D eigenvalue weighted by Gasteiger charge is 2.10. The van der Waals surface area contributed by atoms with Crippen molar-refractivity contribution in [2.75, 3.05) is 6.54 Å². The molecule has 2 heterocycles. The van der Waals surface area contributed by atoms with Gasteiger partial charge in [-0.1, -0.05) is 5.16 Å². The Balaban J connectivity index is 1.83. The number of hydrogen-bond donors (Lipinski definition) is 3. The van der Waals surface area contributed by atoms with Crippen molar-refractivity contribution in [3.63, 3.8) is 0 Å². The molecule has 0 bridgehead atoms. The van der Waals surface area contributed by atoms with E-state index in [1.54, 1.807) is 11.3 Å². The second kappa shape index (κ2) is 5.83. The van der Waals surface area contributed by atoms with Gasteiger partial charge in [-0.25, -0.2) is 0 Å². The Kier molecular flexibility index (Phi) is 4.16. The van der Waals surface area contributed by atoms with Gasteiger partial charge >= 0.3 is 0 Å². The standard InChI is InChI=1S/C11H13N3O2S2/c12-10(14-16)2-1-4-13-11(15)9-6-8-7(18-9)3-5-17-8/h3,5-6,16H,1-2,4H2,(H2,12,14)(H,13,15). The Hall–Kier alpha value is -1.60. The molecule has 2 aromatic rings. The Labute approximate surface area is 112 Å². The van der Waals surface area contributed by atoms with Crippen LogP contribution >= 0.6 is 22.7 Å². The molecule has 4 N–H and O–H groups in total. The highest BCUT2D eigenvalue weighted by molar-refractivity contribution is 7.27. The van der Waals surface area contributed by atoms with Gasteiger partial charge in [0.25, 0.3) is 5.91 Å². The third kappa shape index (κ3) is 2.99. The van der Waals surface area contributed by atoms with Crippen molar-refractivity contribution >= 4 is 43.8 Å². The van der Waals surface area contributed by atoms with E-state index in [4.69, 9.17) is 10.9 Å². The summed E-state index contributed by atoms with van der Waals surface area (Å²) in [6, 6.07) is 3.92. The van der Waals surface area contributed by atoms with Crippen molar-refractivity contribution in [1.29, 1.82) is 0 Å². The SMILES string of the molecule is N/C(CCCNC(=O)c1cc2sccc2s1)=N/O. The van der Waals surface area contributed by atoms with Gasteiger partial charge in [-0.2, -0.15) is 0 Å². The number of nitrogens with two attached hydrogens (primary N) is 1. The van der Waals surface area contributed by atoms with E-state index in [-0.39, 0.29) is 11.7 Å². The number of nitrogens with zero attached hydrogens (tertiary/aromatic N) is 1. The van der Waals surface area contributed by atoms with Gasteiger partial charge in [0.15, 0.2) is 0 Å². The van der Waals surface area contributed by atoms with Crippen LogP contribution in [0, 0.1) is 0 Å². The van der Waals surface area contributed by atoms with E-state index in [2.05, 4.69) is 10.5 Å². The summed E-state index contributed by atoms with van der Waals surface area (Å²) in [5.74, 6) is 0.115. The second-order valence-corrected chi connectivity index (χ2v) is 5.74. The molecule has 0 aliphatic heterocycles. The lowest BCUT2D eigenvalue weighted by atomic mass is 10.3. The lowest BCUT2D eigenvalue weighted by Crippen LogP contribution is -2.24. The molecule has 2 rings (SSSR count). The first-order chi connectivity index (χ1) is 8.70. The number of carbonyl (C=O) groups excluding carboxylic acids is 1. The van der Waals surface area contributed by atoms with Crippen LogP contribution in [0.2, 0.25) is 0 Å². The van der Waals surface area contributed by atoms with Crippen LogP contribution in [-0.2, 0) is 0 Å². The number of amidine groups is 1. The minimum atomic E-state index is -0.0668. The first-order valence-corrected chi connectivity index (χ1v) is 7.12. The van der Waals surface area contributed by atoms with Crippen LogP contribution in [-0.4, -0.2) is 23.5 Å². The molecule has 0 radical (unpaired) electrons. The zero-order valence-corrected chi connectivity index (χ0v) is 11.2. The third-order valence-electron chi connectivity index (χ3n) is 2.39. The summed E-state index contributed by atoms with van der Waals surface area (Å²) in [4.78, 5) is 12.5. The Morgan fingerprint density at radius 1 is 1.50 bits per heavy atom. The second-order valence-electron chi connectivity index (χ2n) is 3.71. The van der Waals surface area contributed by atoms with Crippen molar-refractivity contribution in [2.45, 2.75) is 12.8 Å². The molecule has 2 aromatic heterocycles. The minimum absolute atomic E-state index is 0.0668. The van der Waals surface area contributed by atoms with Gasteiger partial charge in [-0.3, -0.25) is 4.79 Å². The number of carbonyl (C=O) groups is 1. The van der Waals surface area contributed by atoms with E-state index in [1.165, 1.54) is 11.3 Å². The summed E-state index contributed by atoms with van der Waals surface area (Å²) in [5, 5.41) is 16.1. The molecule has 0 saturated carbocycles. The molecule has 18 heavy (non-hydrogen) atoms. The van der Waals surface area contributed by atoms with Gasteiger partial charge in [0.05, 0.1) is 4.88 Å². The lowest BCUT2D eigenvalue weighted by Gasteiger charge is -2.02. The maximum absolute atomic E-state index is 11.8. The van der Waals surface area contributed by atoms with Crippen LogP contribution in [0.1, 0.15) is 22.5 Å². The molecule has 0 aliphatic carbocycles. The topological polar surface area (TPSA) is 87.7 Å². The number of nitrogens with one attached hydrogen (secondary N) is 1. The van der Waals surface area contributed by atoms with Crippen LogP contribution in [0.5, 0.6) is 0 Å². The molecule has 0 unspecified atom stereocenters. The summed E-state index contributed by atoms with van der Waals surface area (Å²) in [5.41, 5.74) is 5.33. The van der Waals surface area contributed by atoms with Gasteiger partial charge in [0.2, 0.25) is 0 Å². The normalized spacial score (nSPS) is 11.9. The van der Waals surface area contributed by atoms with Crippen LogP contribution in [0.3, 0.4) is 0 Å². The number of fused-ring (bicyclic) bond motifs is 1. The van der Waals surface area contributed by atoms with Crippen LogP contribution in [0.25, 0.3) is 9.40 Å². The zero-order chi connectivity index (χ0) is 13.0. The average Bonchev–Trinajstić information content (AvgIpc) is 2.94. The van der Waals surface area contributed by atoms with E-state index in [9.17, 15) is 4.79 Å². The number of amides is 1. The van der Waals surface area contributed by atoms with Crippen molar-refractivity contribution in [1.82, 2.24) is 5.32 Å². The summed E-state index contributed by atoms with van der Waals surface area (Å²) in [7, 11) is 0. The molecular formula is C11H13N3O2S2. The summed E-state index contributed by atoms with van der Waals surface area (Å²) >= 11 is 3.12. The number of hydrogen-bond acceptors (Lipinski definition) is 5. The Morgan fingerprint density at radius 3 is 3.06 bits per heavy atom. The molecule has 0 aromatic carbocycles. The third-order valence-corrected chi connectivity index (χ3v) is 4.48. The van der Waals surface area contributed by atoms with Crippen molar-refractivity contribution in [3.05, 3.63) is 22.4 Å². The van der Waals surface area contributed by atoms with E-state index in [0.717, 1.165) is 14.3 Å². The van der Waals surface area contributed by atoms with E-state index in [0.29, 0.717) is 19.4 Å². The van der Waals surface area contributed by atoms with Gasteiger partial charge in [0, 0.05) is 22.4 Å². The van der Waals surface area contributed by atoms with E-state index >= 15 is 0 Å².